The minimum atomic E-state index is -0.494. The number of rotatable bonds is 3. The highest BCUT2D eigenvalue weighted by Crippen LogP contribution is 2.51. The molecule has 0 radical (unpaired) electrons. The predicted octanol–water partition coefficient (Wildman–Crippen LogP) is 5.60. The Morgan fingerprint density at radius 2 is 1.48 bits per heavy atom. The van der Waals surface area contributed by atoms with E-state index in [9.17, 15) is 4.79 Å². The van der Waals surface area contributed by atoms with Crippen molar-refractivity contribution in [2.24, 2.45) is 5.41 Å². The van der Waals surface area contributed by atoms with E-state index in [0.29, 0.717) is 0 Å². The van der Waals surface area contributed by atoms with Crippen LogP contribution >= 0.6 is 0 Å². The van der Waals surface area contributed by atoms with Crippen LogP contribution < -0.4 is 0 Å². The number of hydrogen-bond acceptors (Lipinski definition) is 1. The van der Waals surface area contributed by atoms with Gasteiger partial charge in [-0.2, -0.15) is 0 Å². The molecule has 0 amide bonds. The van der Waals surface area contributed by atoms with Gasteiger partial charge in [-0.15, -0.1) is 0 Å². The molecule has 0 fully saturated rings. The number of allylic oxidation sites excluding steroid dienone is 2. The van der Waals surface area contributed by atoms with Crippen LogP contribution in [0.5, 0.6) is 0 Å². The Morgan fingerprint density at radius 3 is 2.22 bits per heavy atom. The summed E-state index contributed by atoms with van der Waals surface area (Å²) in [6.07, 6.45) is 4.75. The third kappa shape index (κ3) is 2.49. The molecule has 1 unspecified atom stereocenters. The van der Waals surface area contributed by atoms with E-state index in [2.05, 4.69) is 67.6 Å². The van der Waals surface area contributed by atoms with Gasteiger partial charge in [-0.25, -0.2) is 0 Å². The first-order chi connectivity index (χ1) is 13.2. The van der Waals surface area contributed by atoms with Crippen molar-refractivity contribution >= 4 is 11.4 Å². The van der Waals surface area contributed by atoms with Crippen molar-refractivity contribution in [3.8, 4) is 0 Å². The summed E-state index contributed by atoms with van der Waals surface area (Å²) in [4.78, 5) is 13.7. The minimum Gasteiger partial charge on any atom is -0.293 e. The molecule has 0 spiro atoms. The lowest BCUT2D eigenvalue weighted by atomic mass is 9.70. The van der Waals surface area contributed by atoms with Gasteiger partial charge in [0.25, 0.3) is 0 Å². The Balaban J connectivity index is 1.66. The van der Waals surface area contributed by atoms with E-state index in [-0.39, 0.29) is 5.78 Å². The lowest BCUT2D eigenvalue weighted by Crippen LogP contribution is -2.32. The highest BCUT2D eigenvalue weighted by molar-refractivity contribution is 6.12. The van der Waals surface area contributed by atoms with Crippen LogP contribution in [-0.2, 0) is 19.3 Å². The van der Waals surface area contributed by atoms with Crippen LogP contribution in [0.25, 0.3) is 5.57 Å². The largest absolute Gasteiger partial charge is 0.293 e. The molecule has 5 rings (SSSR count). The SMILES string of the molecule is Cc1ccc(CC2(C3=CCc4ccccc43)Cc3ccccc3C2=O)cc1. The van der Waals surface area contributed by atoms with E-state index >= 15 is 0 Å². The molecule has 27 heavy (non-hydrogen) atoms. The van der Waals surface area contributed by atoms with Crippen molar-refractivity contribution in [2.45, 2.75) is 26.2 Å². The van der Waals surface area contributed by atoms with Gasteiger partial charge in [0, 0.05) is 5.56 Å². The maximum absolute atomic E-state index is 13.7. The van der Waals surface area contributed by atoms with Crippen molar-refractivity contribution in [3.05, 3.63) is 112 Å². The third-order valence-electron chi connectivity index (χ3n) is 6.16. The summed E-state index contributed by atoms with van der Waals surface area (Å²) in [5, 5.41) is 0. The van der Waals surface area contributed by atoms with E-state index in [1.807, 2.05) is 18.2 Å². The van der Waals surface area contributed by atoms with Gasteiger partial charge < -0.3 is 0 Å². The number of fused-ring (bicyclic) bond motifs is 2. The fraction of sp³-hybridized carbons (Fsp3) is 0.192. The summed E-state index contributed by atoms with van der Waals surface area (Å²) >= 11 is 0. The lowest BCUT2D eigenvalue weighted by molar-refractivity contribution is 0.0884. The molecule has 2 aliphatic rings. The van der Waals surface area contributed by atoms with Gasteiger partial charge in [-0.1, -0.05) is 84.4 Å². The van der Waals surface area contributed by atoms with Crippen molar-refractivity contribution in [2.75, 3.05) is 0 Å². The molecule has 0 heterocycles. The van der Waals surface area contributed by atoms with Crippen molar-refractivity contribution in [1.29, 1.82) is 0 Å². The minimum absolute atomic E-state index is 0.279. The summed E-state index contributed by atoms with van der Waals surface area (Å²) in [5.74, 6) is 0.279. The first-order valence-electron chi connectivity index (χ1n) is 9.64. The molecule has 0 saturated heterocycles. The summed E-state index contributed by atoms with van der Waals surface area (Å²) < 4.78 is 0. The maximum atomic E-state index is 13.7. The average Bonchev–Trinajstić information content (AvgIpc) is 3.24. The summed E-state index contributed by atoms with van der Waals surface area (Å²) in [6.45, 7) is 2.10. The molecule has 0 saturated carbocycles. The molecule has 0 bridgehead atoms. The smallest absolute Gasteiger partial charge is 0.174 e. The first-order valence-corrected chi connectivity index (χ1v) is 9.64. The Morgan fingerprint density at radius 1 is 0.815 bits per heavy atom. The monoisotopic (exact) mass is 350 g/mol. The van der Waals surface area contributed by atoms with Gasteiger partial charge in [-0.05, 0) is 54.0 Å². The zero-order valence-corrected chi connectivity index (χ0v) is 15.5. The second-order valence-electron chi connectivity index (χ2n) is 7.89. The lowest BCUT2D eigenvalue weighted by Gasteiger charge is -2.30. The molecular weight excluding hydrogens is 328 g/mol. The second kappa shape index (κ2) is 6.06. The van der Waals surface area contributed by atoms with Gasteiger partial charge >= 0.3 is 0 Å². The van der Waals surface area contributed by atoms with Crippen LogP contribution in [0.3, 0.4) is 0 Å². The molecular formula is C26H22O. The van der Waals surface area contributed by atoms with Crippen LogP contribution in [0, 0.1) is 12.3 Å². The Bertz CT molecular complexity index is 1070. The number of hydrogen-bond donors (Lipinski definition) is 0. The normalized spacial score (nSPS) is 20.3. The highest BCUT2D eigenvalue weighted by atomic mass is 16.1. The van der Waals surface area contributed by atoms with Gasteiger partial charge in [-0.3, -0.25) is 4.79 Å². The molecule has 2 aliphatic carbocycles. The van der Waals surface area contributed by atoms with Gasteiger partial charge in [0.1, 0.15) is 0 Å². The number of carbonyl (C=O) groups is 1. The molecule has 1 atom stereocenters. The first kappa shape index (κ1) is 16.3. The Hall–Kier alpha value is -2.93. The number of Topliss-reactive ketones (excluding diaryl/α,β-unsaturated/α-hetero) is 1. The van der Waals surface area contributed by atoms with Gasteiger partial charge in [0.05, 0.1) is 5.41 Å². The maximum Gasteiger partial charge on any atom is 0.174 e. The third-order valence-corrected chi connectivity index (χ3v) is 6.16. The summed E-state index contributed by atoms with van der Waals surface area (Å²) in [7, 11) is 0. The van der Waals surface area contributed by atoms with Crippen LogP contribution in [0.4, 0.5) is 0 Å². The molecule has 3 aromatic rings. The molecule has 0 aliphatic heterocycles. The zero-order chi connectivity index (χ0) is 18.4. The van der Waals surface area contributed by atoms with Crippen LogP contribution in [0.2, 0.25) is 0 Å². The van der Waals surface area contributed by atoms with Crippen LogP contribution in [0.1, 0.15) is 38.2 Å². The predicted molar refractivity (Wildman–Crippen MR) is 110 cm³/mol. The van der Waals surface area contributed by atoms with E-state index in [1.54, 1.807) is 0 Å². The Kier molecular flexibility index (Phi) is 3.65. The van der Waals surface area contributed by atoms with Crippen molar-refractivity contribution in [1.82, 2.24) is 0 Å². The summed E-state index contributed by atoms with van der Waals surface area (Å²) in [5.41, 5.74) is 7.87. The highest BCUT2D eigenvalue weighted by Gasteiger charge is 2.49. The topological polar surface area (TPSA) is 17.1 Å². The molecule has 132 valence electrons. The van der Waals surface area contributed by atoms with E-state index < -0.39 is 5.41 Å². The fourth-order valence-corrected chi connectivity index (χ4v) is 4.81. The number of ketones is 1. The molecule has 1 nitrogen and oxygen atoms in total. The van der Waals surface area contributed by atoms with Crippen LogP contribution in [0.15, 0.2) is 78.9 Å². The van der Waals surface area contributed by atoms with Gasteiger partial charge in [0.15, 0.2) is 5.78 Å². The fourth-order valence-electron chi connectivity index (χ4n) is 4.81. The quantitative estimate of drug-likeness (QED) is 0.601. The molecule has 0 N–H and O–H groups in total. The standard InChI is InChI=1S/C26H22O/c1-18-10-12-19(13-11-18)16-26(17-21-7-3-5-9-23(21)25(26)27)24-15-14-20-6-2-4-8-22(20)24/h2-13,15H,14,16-17H2,1H3. The van der Waals surface area contributed by atoms with Crippen molar-refractivity contribution < 1.29 is 4.79 Å². The average molecular weight is 350 g/mol. The van der Waals surface area contributed by atoms with E-state index in [4.69, 9.17) is 0 Å². The zero-order valence-electron chi connectivity index (χ0n) is 15.5. The Labute approximate surface area is 160 Å². The number of carbonyl (C=O) groups excluding carboxylic acids is 1. The van der Waals surface area contributed by atoms with Crippen molar-refractivity contribution in [3.63, 3.8) is 0 Å². The second-order valence-corrected chi connectivity index (χ2v) is 7.89. The van der Waals surface area contributed by atoms with E-state index in [0.717, 1.165) is 24.8 Å². The molecule has 1 heteroatoms. The number of aryl methyl sites for hydroxylation is 1. The van der Waals surface area contributed by atoms with Gasteiger partial charge in [0.2, 0.25) is 0 Å². The van der Waals surface area contributed by atoms with Crippen LogP contribution in [-0.4, -0.2) is 5.78 Å². The molecule has 0 aromatic heterocycles. The summed E-state index contributed by atoms with van der Waals surface area (Å²) in [6, 6.07) is 25.3. The molecule has 3 aromatic carbocycles. The number of benzene rings is 3. The van der Waals surface area contributed by atoms with E-state index in [1.165, 1.54) is 33.4 Å².